The Morgan fingerprint density at radius 2 is 1.69 bits per heavy atom. The van der Waals surface area contributed by atoms with E-state index in [1.54, 1.807) is 0 Å². The predicted octanol–water partition coefficient (Wildman–Crippen LogP) is 3.32. The Bertz CT molecular complexity index is 277. The van der Waals surface area contributed by atoms with Crippen LogP contribution in [-0.4, -0.2) is 0 Å². The summed E-state index contributed by atoms with van der Waals surface area (Å²) in [6.07, 6.45) is 6.04. The molecule has 0 bridgehead atoms. The molecule has 0 radical (unpaired) electrons. The first kappa shape index (κ1) is 11.8. The Hall–Kier alpha value is -1.24. The Morgan fingerprint density at radius 3 is 2.08 bits per heavy atom. The molecule has 0 aromatic rings. The van der Waals surface area contributed by atoms with Crippen molar-refractivity contribution in [1.29, 1.82) is 0 Å². The molecule has 0 aliphatic carbocycles. The lowest BCUT2D eigenvalue weighted by Crippen LogP contribution is -1.97. The maximum Gasteiger partial charge on any atom is 0.0340 e. The molecule has 0 atom stereocenters. The highest BCUT2D eigenvalue weighted by molar-refractivity contribution is 5.36. The van der Waals surface area contributed by atoms with Crippen LogP contribution in [0.1, 0.15) is 27.7 Å². The third-order valence-electron chi connectivity index (χ3n) is 1.90. The van der Waals surface area contributed by atoms with E-state index in [-0.39, 0.29) is 0 Å². The third-order valence-corrected chi connectivity index (χ3v) is 1.90. The zero-order chi connectivity index (χ0) is 10.4. The van der Waals surface area contributed by atoms with Crippen LogP contribution in [0.15, 0.2) is 47.2 Å². The van der Waals surface area contributed by atoms with Crippen molar-refractivity contribution in [2.45, 2.75) is 27.7 Å². The summed E-state index contributed by atoms with van der Waals surface area (Å²) < 4.78 is 0. The van der Waals surface area contributed by atoms with Gasteiger partial charge in [-0.2, -0.15) is 0 Å². The standard InChI is InChI=1S/C12H19N/c1-6-7-10(4)11(5)8-12(13)9(2)3/h6-8H,2,13H2,1,3-5H3/b7-6-,11-10+,12-8-. The number of hydrogen-bond acceptors (Lipinski definition) is 1. The Morgan fingerprint density at radius 1 is 1.15 bits per heavy atom. The van der Waals surface area contributed by atoms with Gasteiger partial charge >= 0.3 is 0 Å². The zero-order valence-corrected chi connectivity index (χ0v) is 9.02. The molecule has 1 heteroatoms. The maximum absolute atomic E-state index is 5.75. The third kappa shape index (κ3) is 4.36. The van der Waals surface area contributed by atoms with Gasteiger partial charge in [0.05, 0.1) is 0 Å². The van der Waals surface area contributed by atoms with Gasteiger partial charge in [0.25, 0.3) is 0 Å². The molecule has 0 amide bonds. The van der Waals surface area contributed by atoms with Gasteiger partial charge in [-0.1, -0.05) is 18.7 Å². The van der Waals surface area contributed by atoms with Crippen LogP contribution in [0.3, 0.4) is 0 Å². The molecule has 0 aromatic carbocycles. The lowest BCUT2D eigenvalue weighted by molar-refractivity contribution is 1.26. The van der Waals surface area contributed by atoms with Gasteiger partial charge in [0, 0.05) is 5.70 Å². The molecule has 0 heterocycles. The smallest absolute Gasteiger partial charge is 0.0340 e. The van der Waals surface area contributed by atoms with Crippen LogP contribution in [0.25, 0.3) is 0 Å². The van der Waals surface area contributed by atoms with E-state index in [0.717, 1.165) is 11.3 Å². The summed E-state index contributed by atoms with van der Waals surface area (Å²) in [7, 11) is 0. The Kier molecular flexibility index (Phi) is 4.90. The quantitative estimate of drug-likeness (QED) is 0.657. The molecule has 1 nitrogen and oxygen atoms in total. The minimum atomic E-state index is 0.751. The van der Waals surface area contributed by atoms with Crippen LogP contribution in [0.2, 0.25) is 0 Å². The molecule has 0 aliphatic rings. The lowest BCUT2D eigenvalue weighted by Gasteiger charge is -2.01. The van der Waals surface area contributed by atoms with Gasteiger partial charge in [-0.05, 0) is 50.5 Å². The lowest BCUT2D eigenvalue weighted by atomic mass is 10.1. The van der Waals surface area contributed by atoms with Crippen molar-refractivity contribution in [3.05, 3.63) is 47.2 Å². The molecule has 72 valence electrons. The molecule has 0 spiro atoms. The largest absolute Gasteiger partial charge is 0.399 e. The van der Waals surface area contributed by atoms with Crippen LogP contribution in [0, 0.1) is 0 Å². The number of rotatable bonds is 3. The minimum Gasteiger partial charge on any atom is -0.399 e. The number of hydrogen-bond donors (Lipinski definition) is 1. The van der Waals surface area contributed by atoms with Gasteiger partial charge in [0.15, 0.2) is 0 Å². The van der Waals surface area contributed by atoms with E-state index in [0.29, 0.717) is 0 Å². The highest BCUT2D eigenvalue weighted by atomic mass is 14.6. The van der Waals surface area contributed by atoms with Gasteiger partial charge in [-0.3, -0.25) is 0 Å². The van der Waals surface area contributed by atoms with E-state index >= 15 is 0 Å². The fraction of sp³-hybridized carbons (Fsp3) is 0.333. The molecule has 0 aliphatic heterocycles. The minimum absolute atomic E-state index is 0.751. The second kappa shape index (κ2) is 5.41. The van der Waals surface area contributed by atoms with E-state index in [1.807, 2.05) is 32.9 Å². The van der Waals surface area contributed by atoms with E-state index in [2.05, 4.69) is 19.6 Å². The molecule has 2 N–H and O–H groups in total. The van der Waals surface area contributed by atoms with Crippen LogP contribution < -0.4 is 5.73 Å². The van der Waals surface area contributed by atoms with E-state index in [1.165, 1.54) is 11.1 Å². The second-order valence-electron chi connectivity index (χ2n) is 3.25. The summed E-state index contributed by atoms with van der Waals surface area (Å²) in [6, 6.07) is 0. The van der Waals surface area contributed by atoms with Crippen molar-refractivity contribution < 1.29 is 0 Å². The van der Waals surface area contributed by atoms with Crippen molar-refractivity contribution in [2.24, 2.45) is 5.73 Å². The normalized spacial score (nSPS) is 14.6. The van der Waals surface area contributed by atoms with Crippen LogP contribution >= 0.6 is 0 Å². The topological polar surface area (TPSA) is 26.0 Å². The van der Waals surface area contributed by atoms with Crippen molar-refractivity contribution in [3.63, 3.8) is 0 Å². The average Bonchev–Trinajstić information content (AvgIpc) is 2.04. The summed E-state index contributed by atoms with van der Waals surface area (Å²) in [6.45, 7) is 11.8. The SMILES string of the molecule is C=C(C)/C(N)=C/C(C)=C(C)/C=C\C. The predicted molar refractivity (Wildman–Crippen MR) is 60.3 cm³/mol. The average molecular weight is 177 g/mol. The van der Waals surface area contributed by atoms with Crippen LogP contribution in [-0.2, 0) is 0 Å². The number of allylic oxidation sites excluding steroid dienone is 6. The first-order valence-electron chi connectivity index (χ1n) is 4.42. The second-order valence-corrected chi connectivity index (χ2v) is 3.25. The highest BCUT2D eigenvalue weighted by Gasteiger charge is 1.93. The summed E-state index contributed by atoms with van der Waals surface area (Å²) in [4.78, 5) is 0. The highest BCUT2D eigenvalue weighted by Crippen LogP contribution is 2.10. The van der Waals surface area contributed by atoms with E-state index in [9.17, 15) is 0 Å². The monoisotopic (exact) mass is 177 g/mol. The van der Waals surface area contributed by atoms with Crippen LogP contribution in [0.4, 0.5) is 0 Å². The molecular weight excluding hydrogens is 158 g/mol. The zero-order valence-electron chi connectivity index (χ0n) is 9.02. The fourth-order valence-electron chi connectivity index (χ4n) is 0.852. The Labute approximate surface area is 81.3 Å². The first-order valence-corrected chi connectivity index (χ1v) is 4.42. The van der Waals surface area contributed by atoms with E-state index < -0.39 is 0 Å². The maximum atomic E-state index is 5.75. The Balaban J connectivity index is 4.80. The van der Waals surface area contributed by atoms with Gasteiger partial charge in [0.2, 0.25) is 0 Å². The van der Waals surface area contributed by atoms with Gasteiger partial charge in [-0.15, -0.1) is 0 Å². The molecule has 0 unspecified atom stereocenters. The molecule has 0 rings (SSSR count). The summed E-state index contributed by atoms with van der Waals surface area (Å²) in [5.74, 6) is 0. The fourth-order valence-corrected chi connectivity index (χ4v) is 0.852. The molecule has 0 saturated carbocycles. The molecular formula is C12H19N. The van der Waals surface area contributed by atoms with Crippen molar-refractivity contribution in [3.8, 4) is 0 Å². The summed E-state index contributed by atoms with van der Waals surface area (Å²) in [5, 5.41) is 0. The van der Waals surface area contributed by atoms with Crippen LogP contribution in [0.5, 0.6) is 0 Å². The van der Waals surface area contributed by atoms with Crippen molar-refractivity contribution >= 4 is 0 Å². The molecule has 0 saturated heterocycles. The van der Waals surface area contributed by atoms with Crippen molar-refractivity contribution in [2.75, 3.05) is 0 Å². The first-order chi connectivity index (χ1) is 5.99. The summed E-state index contributed by atoms with van der Waals surface area (Å²) >= 11 is 0. The number of nitrogens with two attached hydrogens (primary N) is 1. The van der Waals surface area contributed by atoms with Crippen molar-refractivity contribution in [1.82, 2.24) is 0 Å². The molecule has 0 fully saturated rings. The van der Waals surface area contributed by atoms with E-state index in [4.69, 9.17) is 5.73 Å². The molecule has 13 heavy (non-hydrogen) atoms. The van der Waals surface area contributed by atoms with Gasteiger partial charge in [-0.25, -0.2) is 0 Å². The van der Waals surface area contributed by atoms with Gasteiger partial charge in [0.1, 0.15) is 0 Å². The summed E-state index contributed by atoms with van der Waals surface area (Å²) in [5.41, 5.74) is 9.82. The van der Waals surface area contributed by atoms with Gasteiger partial charge < -0.3 is 5.73 Å². The molecule has 0 aromatic heterocycles.